The quantitative estimate of drug-likeness (QED) is 0.146. The Balaban J connectivity index is 0.00000625. The van der Waals surface area contributed by atoms with Crippen molar-refractivity contribution in [3.05, 3.63) is 113 Å². The van der Waals surface area contributed by atoms with Crippen molar-refractivity contribution < 1.29 is 72.8 Å². The van der Waals surface area contributed by atoms with Crippen LogP contribution in [0, 0.1) is 11.6 Å². The van der Waals surface area contributed by atoms with Gasteiger partial charge in [-0.25, -0.2) is 13.6 Å². The first-order valence-corrected chi connectivity index (χ1v) is 14.9. The minimum atomic E-state index is -1.46. The van der Waals surface area contributed by atoms with Crippen molar-refractivity contribution in [1.82, 2.24) is 9.88 Å². The molecule has 1 aromatic heterocycles. The molecule has 246 valence electrons. The Morgan fingerprint density at radius 2 is 1.60 bits per heavy atom. The second-order valence-electron chi connectivity index (χ2n) is 11.2. The first-order valence-electron chi connectivity index (χ1n) is 14.9. The van der Waals surface area contributed by atoms with Crippen molar-refractivity contribution in [2.45, 2.75) is 51.5 Å². The number of aromatic nitrogens is 1. The van der Waals surface area contributed by atoms with Gasteiger partial charge < -0.3 is 34.7 Å². The van der Waals surface area contributed by atoms with E-state index in [0.29, 0.717) is 27.9 Å². The summed E-state index contributed by atoms with van der Waals surface area (Å²) in [5, 5.41) is 34.4. The van der Waals surface area contributed by atoms with Gasteiger partial charge in [-0.15, -0.1) is 0 Å². The van der Waals surface area contributed by atoms with Crippen LogP contribution in [0.4, 0.5) is 8.78 Å². The molecule has 12 heteroatoms. The summed E-state index contributed by atoms with van der Waals surface area (Å²) < 4.78 is 35.4. The number of carbonyl (C=O) groups is 3. The molecule has 0 saturated carbocycles. The van der Waals surface area contributed by atoms with E-state index in [-0.39, 0.29) is 65.4 Å². The molecule has 0 bridgehead atoms. The molecule has 0 unspecified atom stereocenters. The number of methoxy groups -OCH3 is 1. The minimum Gasteiger partial charge on any atom is -0.550 e. The van der Waals surface area contributed by atoms with Crippen LogP contribution in [0.3, 0.4) is 0 Å². The molecule has 0 fully saturated rings. The second kappa shape index (κ2) is 17.3. The van der Waals surface area contributed by atoms with Gasteiger partial charge >= 0.3 is 35.5 Å². The molecule has 1 heterocycles. The third kappa shape index (κ3) is 9.27. The number of amides is 1. The molecule has 4 aromatic rings. The Kier molecular flexibility index (Phi) is 13.8. The van der Waals surface area contributed by atoms with Crippen molar-refractivity contribution in [2.75, 3.05) is 7.11 Å². The molecule has 0 saturated heterocycles. The van der Waals surface area contributed by atoms with Gasteiger partial charge in [0.15, 0.2) is 0 Å². The van der Waals surface area contributed by atoms with Crippen molar-refractivity contribution in [2.24, 2.45) is 0 Å². The molecule has 0 radical (unpaired) electrons. The Morgan fingerprint density at radius 1 is 0.958 bits per heavy atom. The van der Waals surface area contributed by atoms with Crippen LogP contribution in [-0.4, -0.2) is 51.9 Å². The third-order valence-electron chi connectivity index (χ3n) is 7.48. The van der Waals surface area contributed by atoms with E-state index in [1.165, 1.54) is 37.5 Å². The SMILES string of the molecule is COC(=O)c1ccc(CNC(=O)c2c(-c3ccccc3)c(-c3ccc(F)cc3)c(/C=C/[C@@H](O)C[C@@H](O)CC(=O)[O-])n2C(C)C)c(F)c1.[Na+]. The Morgan fingerprint density at radius 3 is 2.19 bits per heavy atom. The first-order chi connectivity index (χ1) is 22.4. The van der Waals surface area contributed by atoms with Crippen LogP contribution in [0.2, 0.25) is 0 Å². The fourth-order valence-corrected chi connectivity index (χ4v) is 5.36. The predicted molar refractivity (Wildman–Crippen MR) is 170 cm³/mol. The Bertz CT molecular complexity index is 1770. The van der Waals surface area contributed by atoms with Gasteiger partial charge in [0.2, 0.25) is 0 Å². The largest absolute Gasteiger partial charge is 1.00 e. The number of rotatable bonds is 13. The normalized spacial score (nSPS) is 12.4. The number of ether oxygens (including phenoxy) is 1. The third-order valence-corrected chi connectivity index (χ3v) is 7.48. The van der Waals surface area contributed by atoms with Gasteiger partial charge in [-0.05, 0) is 55.3 Å². The summed E-state index contributed by atoms with van der Waals surface area (Å²) in [5.41, 5.74) is 3.10. The number of carboxylic acids is 1. The van der Waals surface area contributed by atoms with Crippen LogP contribution in [0.25, 0.3) is 28.3 Å². The van der Waals surface area contributed by atoms with Crippen LogP contribution < -0.4 is 40.0 Å². The van der Waals surface area contributed by atoms with Crippen LogP contribution in [0.1, 0.15) is 64.8 Å². The van der Waals surface area contributed by atoms with E-state index in [0.717, 1.165) is 6.07 Å². The van der Waals surface area contributed by atoms with E-state index in [4.69, 9.17) is 0 Å². The van der Waals surface area contributed by atoms with Crippen molar-refractivity contribution >= 4 is 23.9 Å². The minimum absolute atomic E-state index is 0. The summed E-state index contributed by atoms with van der Waals surface area (Å²) in [5.74, 6) is -3.88. The fraction of sp³-hybridized carbons (Fsp3) is 0.250. The van der Waals surface area contributed by atoms with Gasteiger partial charge in [0.25, 0.3) is 5.91 Å². The molecule has 0 aliphatic heterocycles. The average molecular weight is 669 g/mol. The number of nitrogens with zero attached hydrogens (tertiary/aromatic N) is 1. The average Bonchev–Trinajstić information content (AvgIpc) is 3.38. The van der Waals surface area contributed by atoms with Gasteiger partial charge in [0, 0.05) is 53.8 Å². The summed E-state index contributed by atoms with van der Waals surface area (Å²) in [7, 11) is 1.19. The van der Waals surface area contributed by atoms with Crippen LogP contribution in [-0.2, 0) is 16.1 Å². The standard InChI is InChI=1S/C36H36F2N2O7.Na/c1-21(2)40-30(16-15-27(41)18-28(42)19-31(43)44)32(23-11-13-26(37)14-12-23)33(22-7-5-4-6-8-22)34(40)35(45)39-20-25-10-9-24(17-29(25)38)36(46)47-3;/h4-17,21,27-28,41-42H,18-20H2,1-3H3,(H,39,45)(H,43,44);/q;+1/p-1/b16-15+;/t27-,28-;/m1./s1. The van der Waals surface area contributed by atoms with E-state index >= 15 is 0 Å². The Hall–Kier alpha value is -4.13. The summed E-state index contributed by atoms with van der Waals surface area (Å²) in [6.45, 7) is 3.49. The number of hydrogen-bond acceptors (Lipinski definition) is 7. The molecule has 48 heavy (non-hydrogen) atoms. The molecule has 0 aliphatic carbocycles. The zero-order valence-electron chi connectivity index (χ0n) is 27.1. The molecule has 0 aliphatic rings. The summed E-state index contributed by atoms with van der Waals surface area (Å²) >= 11 is 0. The molecule has 3 N–H and O–H groups in total. The van der Waals surface area contributed by atoms with E-state index in [9.17, 15) is 38.5 Å². The number of carbonyl (C=O) groups excluding carboxylic acids is 3. The molecule has 3 aromatic carbocycles. The number of nitrogens with one attached hydrogen (secondary N) is 1. The number of carboxylic acid groups (broad SMARTS) is 1. The number of aliphatic hydroxyl groups excluding tert-OH is 2. The molecular weight excluding hydrogens is 633 g/mol. The van der Waals surface area contributed by atoms with Gasteiger partial charge in [0.05, 0.1) is 24.9 Å². The monoisotopic (exact) mass is 668 g/mol. The van der Waals surface area contributed by atoms with E-state index in [1.807, 2.05) is 32.0 Å². The van der Waals surface area contributed by atoms with Crippen LogP contribution >= 0.6 is 0 Å². The number of halogens is 2. The molecule has 1 amide bonds. The van der Waals surface area contributed by atoms with Gasteiger partial charge in [-0.2, -0.15) is 0 Å². The number of hydrogen-bond donors (Lipinski definition) is 3. The number of esters is 1. The van der Waals surface area contributed by atoms with Crippen LogP contribution in [0.5, 0.6) is 0 Å². The van der Waals surface area contributed by atoms with Gasteiger partial charge in [0.1, 0.15) is 17.3 Å². The van der Waals surface area contributed by atoms with E-state index in [2.05, 4.69) is 10.1 Å². The number of benzene rings is 3. The smallest absolute Gasteiger partial charge is 0.550 e. The van der Waals surface area contributed by atoms with Crippen molar-refractivity contribution in [1.29, 1.82) is 0 Å². The van der Waals surface area contributed by atoms with E-state index in [1.54, 1.807) is 34.9 Å². The second-order valence-corrected chi connectivity index (χ2v) is 11.2. The van der Waals surface area contributed by atoms with Gasteiger partial charge in [-0.3, -0.25) is 4.79 Å². The Labute approximate surface area is 299 Å². The van der Waals surface area contributed by atoms with Crippen LogP contribution in [0.15, 0.2) is 78.9 Å². The molecular formula is C36H35F2N2NaO7. The predicted octanol–water partition coefficient (Wildman–Crippen LogP) is 1.67. The number of aliphatic hydroxyl groups is 2. The number of aliphatic carboxylic acids is 1. The molecule has 0 spiro atoms. The maximum Gasteiger partial charge on any atom is 1.00 e. The summed E-state index contributed by atoms with van der Waals surface area (Å²) in [6, 6.07) is 18.2. The maximum atomic E-state index is 14.9. The molecule has 9 nitrogen and oxygen atoms in total. The first kappa shape index (κ1) is 38.3. The van der Waals surface area contributed by atoms with Gasteiger partial charge in [-0.1, -0.05) is 54.6 Å². The topological polar surface area (TPSA) is 141 Å². The molecule has 4 rings (SSSR count). The maximum absolute atomic E-state index is 14.9. The fourth-order valence-electron chi connectivity index (χ4n) is 5.36. The van der Waals surface area contributed by atoms with Crippen molar-refractivity contribution in [3.63, 3.8) is 0 Å². The van der Waals surface area contributed by atoms with Crippen molar-refractivity contribution in [3.8, 4) is 22.3 Å². The van der Waals surface area contributed by atoms with E-state index < -0.39 is 48.1 Å². The summed E-state index contributed by atoms with van der Waals surface area (Å²) in [6.07, 6.45) is -0.580. The summed E-state index contributed by atoms with van der Waals surface area (Å²) in [4.78, 5) is 36.9. The zero-order valence-corrected chi connectivity index (χ0v) is 29.1. The zero-order chi connectivity index (χ0) is 34.2. The molecule has 2 atom stereocenters.